The summed E-state index contributed by atoms with van der Waals surface area (Å²) in [5, 5.41) is 12.4. The van der Waals surface area contributed by atoms with Gasteiger partial charge >= 0.3 is 0 Å². The summed E-state index contributed by atoms with van der Waals surface area (Å²) in [6.45, 7) is 3.02. The van der Waals surface area contributed by atoms with E-state index in [0.717, 1.165) is 29.1 Å². The molecular formula is C12H15N3O2S. The van der Waals surface area contributed by atoms with E-state index in [-0.39, 0.29) is 12.5 Å². The van der Waals surface area contributed by atoms with Gasteiger partial charge in [-0.25, -0.2) is 9.97 Å². The first-order valence-electron chi connectivity index (χ1n) is 6.00. The first kappa shape index (κ1) is 11.8. The molecule has 1 aliphatic heterocycles. The van der Waals surface area contributed by atoms with Crippen LogP contribution in [0.3, 0.4) is 0 Å². The van der Waals surface area contributed by atoms with Gasteiger partial charge in [0, 0.05) is 25.6 Å². The summed E-state index contributed by atoms with van der Waals surface area (Å²) in [5.41, 5.74) is 0. The van der Waals surface area contributed by atoms with E-state index < -0.39 is 0 Å². The molecule has 6 heteroatoms. The molecule has 0 aromatic carbocycles. The zero-order chi connectivity index (χ0) is 12.4. The number of hydrogen-bond donors (Lipinski definition) is 1. The first-order valence-corrected chi connectivity index (χ1v) is 6.88. The number of nitrogens with zero attached hydrogens (tertiary/aromatic N) is 3. The monoisotopic (exact) mass is 265 g/mol. The third-order valence-corrected chi connectivity index (χ3v) is 3.96. The summed E-state index contributed by atoms with van der Waals surface area (Å²) in [7, 11) is 0. The molecule has 1 saturated heterocycles. The van der Waals surface area contributed by atoms with Gasteiger partial charge < -0.3 is 14.7 Å². The molecule has 1 fully saturated rings. The molecule has 0 radical (unpaired) electrons. The Kier molecular flexibility index (Phi) is 3.40. The molecule has 1 unspecified atom stereocenters. The van der Waals surface area contributed by atoms with Crippen LogP contribution >= 0.6 is 11.3 Å². The molecule has 0 saturated carbocycles. The fourth-order valence-electron chi connectivity index (χ4n) is 2.21. The minimum absolute atomic E-state index is 0.147. The molecule has 0 amide bonds. The Morgan fingerprint density at radius 1 is 1.50 bits per heavy atom. The molecule has 0 aliphatic carbocycles. The van der Waals surface area contributed by atoms with Crippen molar-refractivity contribution in [2.45, 2.75) is 0 Å². The van der Waals surface area contributed by atoms with Crippen LogP contribution in [0, 0.1) is 5.92 Å². The maximum absolute atomic E-state index is 9.32. The van der Waals surface area contributed by atoms with Crippen molar-refractivity contribution >= 4 is 27.4 Å². The van der Waals surface area contributed by atoms with E-state index in [9.17, 15) is 5.11 Å². The second kappa shape index (κ2) is 5.17. The Labute approximate surface area is 109 Å². The van der Waals surface area contributed by atoms with E-state index in [2.05, 4.69) is 20.9 Å². The van der Waals surface area contributed by atoms with Gasteiger partial charge in [0.25, 0.3) is 0 Å². The van der Waals surface area contributed by atoms with Crippen molar-refractivity contribution in [3.63, 3.8) is 0 Å². The molecule has 2 aromatic heterocycles. The molecule has 18 heavy (non-hydrogen) atoms. The Morgan fingerprint density at radius 3 is 3.33 bits per heavy atom. The molecule has 3 rings (SSSR count). The van der Waals surface area contributed by atoms with Crippen molar-refractivity contribution < 1.29 is 9.84 Å². The molecule has 0 bridgehead atoms. The van der Waals surface area contributed by atoms with Crippen LogP contribution in [0.4, 0.5) is 5.82 Å². The van der Waals surface area contributed by atoms with Gasteiger partial charge in [-0.1, -0.05) is 0 Å². The zero-order valence-corrected chi connectivity index (χ0v) is 10.8. The number of fused-ring (bicyclic) bond motifs is 1. The third kappa shape index (κ3) is 2.19. The largest absolute Gasteiger partial charge is 0.396 e. The van der Waals surface area contributed by atoms with E-state index in [1.165, 1.54) is 0 Å². The number of hydrogen-bond acceptors (Lipinski definition) is 6. The zero-order valence-electron chi connectivity index (χ0n) is 9.95. The fraction of sp³-hybridized carbons (Fsp3) is 0.500. The molecular weight excluding hydrogens is 250 g/mol. The number of aromatic nitrogens is 2. The summed E-state index contributed by atoms with van der Waals surface area (Å²) in [5.74, 6) is 1.10. The Morgan fingerprint density at radius 2 is 2.44 bits per heavy atom. The van der Waals surface area contributed by atoms with Crippen LogP contribution in [-0.2, 0) is 4.74 Å². The van der Waals surface area contributed by atoms with E-state index in [4.69, 9.17) is 4.74 Å². The lowest BCUT2D eigenvalue weighted by Crippen LogP contribution is -2.32. The predicted octanol–water partition coefficient (Wildman–Crippen LogP) is 1.14. The van der Waals surface area contributed by atoms with Crippen LogP contribution in [-0.4, -0.2) is 48.0 Å². The smallest absolute Gasteiger partial charge is 0.140 e. The molecule has 96 valence electrons. The average molecular weight is 265 g/mol. The number of thiophene rings is 1. The van der Waals surface area contributed by atoms with Gasteiger partial charge in [0.1, 0.15) is 17.0 Å². The van der Waals surface area contributed by atoms with Crippen LogP contribution in [0.5, 0.6) is 0 Å². The summed E-state index contributed by atoms with van der Waals surface area (Å²) in [6, 6.07) is 2.05. The lowest BCUT2D eigenvalue weighted by molar-refractivity contribution is 0.0959. The summed E-state index contributed by atoms with van der Waals surface area (Å²) < 4.78 is 5.50. The maximum atomic E-state index is 9.32. The van der Waals surface area contributed by atoms with E-state index in [1.54, 1.807) is 17.7 Å². The topological polar surface area (TPSA) is 58.5 Å². The lowest BCUT2D eigenvalue weighted by atomic mass is 10.1. The highest BCUT2D eigenvalue weighted by Crippen LogP contribution is 2.27. The van der Waals surface area contributed by atoms with Crippen molar-refractivity contribution in [2.24, 2.45) is 5.92 Å². The van der Waals surface area contributed by atoms with Gasteiger partial charge in [-0.2, -0.15) is 0 Å². The highest BCUT2D eigenvalue weighted by Gasteiger charge is 2.20. The molecule has 0 spiro atoms. The van der Waals surface area contributed by atoms with Gasteiger partial charge in [0.2, 0.25) is 0 Å². The third-order valence-electron chi connectivity index (χ3n) is 3.14. The predicted molar refractivity (Wildman–Crippen MR) is 71.0 cm³/mol. The van der Waals surface area contributed by atoms with Crippen LogP contribution in [0.1, 0.15) is 0 Å². The first-order chi connectivity index (χ1) is 8.88. The SMILES string of the molecule is OCC1COCCN(c2ncnc3sccc23)C1. The molecule has 3 heterocycles. The standard InChI is InChI=1S/C12H15N3O2S/c16-6-9-5-15(2-3-17-7-9)11-10-1-4-18-12(10)14-8-13-11/h1,4,8-9,16H,2-3,5-7H2. The van der Waals surface area contributed by atoms with Crippen LogP contribution in [0.15, 0.2) is 17.8 Å². The Hall–Kier alpha value is -1.24. The van der Waals surface area contributed by atoms with Crippen molar-refractivity contribution in [1.29, 1.82) is 0 Å². The van der Waals surface area contributed by atoms with E-state index >= 15 is 0 Å². The summed E-state index contributed by atoms with van der Waals surface area (Å²) >= 11 is 1.62. The number of rotatable bonds is 2. The van der Waals surface area contributed by atoms with Gasteiger partial charge in [-0.15, -0.1) is 11.3 Å². The molecule has 1 atom stereocenters. The number of aliphatic hydroxyl groups is 1. The lowest BCUT2D eigenvalue weighted by Gasteiger charge is -2.24. The highest BCUT2D eigenvalue weighted by atomic mass is 32.1. The van der Waals surface area contributed by atoms with Gasteiger partial charge in [-0.05, 0) is 11.4 Å². The van der Waals surface area contributed by atoms with Crippen molar-refractivity contribution in [3.8, 4) is 0 Å². The summed E-state index contributed by atoms with van der Waals surface area (Å²) in [6.07, 6.45) is 1.61. The highest BCUT2D eigenvalue weighted by molar-refractivity contribution is 7.16. The minimum Gasteiger partial charge on any atom is -0.396 e. The molecule has 2 aromatic rings. The Balaban J connectivity index is 1.94. The quantitative estimate of drug-likeness (QED) is 0.882. The van der Waals surface area contributed by atoms with Crippen LogP contribution < -0.4 is 4.90 Å². The van der Waals surface area contributed by atoms with Crippen LogP contribution in [0.25, 0.3) is 10.2 Å². The second-order valence-corrected chi connectivity index (χ2v) is 5.30. The van der Waals surface area contributed by atoms with Gasteiger partial charge in [0.15, 0.2) is 0 Å². The van der Waals surface area contributed by atoms with E-state index in [1.807, 2.05) is 5.38 Å². The second-order valence-electron chi connectivity index (χ2n) is 4.41. The number of ether oxygens (including phenoxy) is 1. The van der Waals surface area contributed by atoms with Gasteiger partial charge in [-0.3, -0.25) is 0 Å². The minimum atomic E-state index is 0.147. The van der Waals surface area contributed by atoms with Gasteiger partial charge in [0.05, 0.1) is 18.6 Å². The molecule has 5 nitrogen and oxygen atoms in total. The maximum Gasteiger partial charge on any atom is 0.140 e. The number of anilines is 1. The van der Waals surface area contributed by atoms with Crippen molar-refractivity contribution in [1.82, 2.24) is 9.97 Å². The average Bonchev–Trinajstić information content (AvgIpc) is 2.75. The number of aliphatic hydroxyl groups excluding tert-OH is 1. The fourth-order valence-corrected chi connectivity index (χ4v) is 2.94. The van der Waals surface area contributed by atoms with Crippen molar-refractivity contribution in [3.05, 3.63) is 17.8 Å². The normalized spacial score (nSPS) is 21.2. The van der Waals surface area contributed by atoms with E-state index in [0.29, 0.717) is 13.2 Å². The molecule has 1 N–H and O–H groups in total. The van der Waals surface area contributed by atoms with Crippen molar-refractivity contribution in [2.75, 3.05) is 37.8 Å². The van der Waals surface area contributed by atoms with Crippen LogP contribution in [0.2, 0.25) is 0 Å². The summed E-state index contributed by atoms with van der Waals surface area (Å²) in [4.78, 5) is 11.8. The molecule has 1 aliphatic rings. The Bertz CT molecular complexity index is 531.